The zero-order valence-electron chi connectivity index (χ0n) is 22.0. The molecule has 44 heavy (non-hydrogen) atoms. The van der Waals surface area contributed by atoms with Gasteiger partial charge in [-0.05, 0) is 48.5 Å². The van der Waals surface area contributed by atoms with Crippen LogP contribution in [0.2, 0.25) is 0 Å². The van der Waals surface area contributed by atoms with Gasteiger partial charge in [0.25, 0.3) is 5.91 Å². The summed E-state index contributed by atoms with van der Waals surface area (Å²) in [4.78, 5) is 62.3. The third-order valence-corrected chi connectivity index (χ3v) is 6.56. The molecule has 0 aliphatic carbocycles. The molecule has 1 heterocycles. The van der Waals surface area contributed by atoms with E-state index in [9.17, 15) is 62.7 Å². The number of benzene rings is 3. The lowest BCUT2D eigenvalue weighted by Gasteiger charge is -2.20. The summed E-state index contributed by atoms with van der Waals surface area (Å²) in [5.41, 5.74) is -2.94. The van der Waals surface area contributed by atoms with Crippen LogP contribution in [0.1, 0.15) is 47.0 Å². The number of nitrogens with one attached hydrogen (secondary N) is 1. The van der Waals surface area contributed by atoms with E-state index in [1.165, 1.54) is 24.3 Å². The Labute approximate surface area is 244 Å². The van der Waals surface area contributed by atoms with E-state index < -0.39 is 100 Å². The summed E-state index contributed by atoms with van der Waals surface area (Å²) in [7, 11) is 0. The van der Waals surface area contributed by atoms with Gasteiger partial charge < -0.3 is 40.5 Å². The third kappa shape index (κ3) is 6.33. The van der Waals surface area contributed by atoms with Crippen molar-refractivity contribution in [1.82, 2.24) is 10.2 Å². The Morgan fingerprint density at radius 3 is 2.00 bits per heavy atom. The Hall–Kier alpha value is -5.80. The summed E-state index contributed by atoms with van der Waals surface area (Å²) in [6.07, 6.45) is -6.84. The molecule has 0 unspecified atom stereocenters. The second-order valence-corrected chi connectivity index (χ2v) is 9.50. The maximum absolute atomic E-state index is 13.1. The van der Waals surface area contributed by atoms with E-state index in [0.29, 0.717) is 17.0 Å². The lowest BCUT2D eigenvalue weighted by atomic mass is 9.95. The molecule has 16 heteroatoms. The van der Waals surface area contributed by atoms with Gasteiger partial charge in [0, 0.05) is 12.1 Å². The van der Waals surface area contributed by atoms with Crippen LogP contribution in [0.25, 0.3) is 0 Å². The Morgan fingerprint density at radius 2 is 1.43 bits per heavy atom. The highest BCUT2D eigenvalue weighted by molar-refractivity contribution is 6.18. The second-order valence-electron chi connectivity index (χ2n) is 9.50. The molecule has 2 atom stereocenters. The van der Waals surface area contributed by atoms with Gasteiger partial charge in [-0.25, -0.2) is 9.59 Å². The monoisotopic (exact) mass is 618 g/mol. The van der Waals surface area contributed by atoms with Gasteiger partial charge in [0.1, 0.15) is 34.7 Å². The molecule has 4 rings (SSSR count). The SMILES string of the molecule is O=C(N[C@@H]1CN(C(=O)C(F)(F)F)C[C@H]1OC(=O)c1cc(O)c(C(=O)c2c(O)cccc2C(=O)O)c(O)c1)c1ccc(O)cc1. The number of phenolic OH excluding ortho intramolecular Hbond substituents is 4. The largest absolute Gasteiger partial charge is 0.508 e. The maximum Gasteiger partial charge on any atom is 0.471 e. The highest BCUT2D eigenvalue weighted by atomic mass is 19.4. The fourth-order valence-corrected chi connectivity index (χ4v) is 4.49. The molecule has 3 aromatic carbocycles. The third-order valence-electron chi connectivity index (χ3n) is 6.56. The number of ether oxygens (including phenoxy) is 1. The molecule has 0 aromatic heterocycles. The van der Waals surface area contributed by atoms with Gasteiger partial charge in [0.05, 0.1) is 29.3 Å². The number of aromatic hydroxyl groups is 4. The van der Waals surface area contributed by atoms with Crippen molar-refractivity contribution in [3.8, 4) is 23.0 Å². The second kappa shape index (κ2) is 11.8. The number of likely N-dealkylation sites (tertiary alicyclic amines) is 1. The number of hydrogen-bond donors (Lipinski definition) is 6. The molecule has 1 fully saturated rings. The lowest BCUT2D eigenvalue weighted by molar-refractivity contribution is -0.184. The van der Waals surface area contributed by atoms with Gasteiger partial charge in [-0.2, -0.15) is 13.2 Å². The molecule has 0 spiro atoms. The van der Waals surface area contributed by atoms with Crippen molar-refractivity contribution in [1.29, 1.82) is 0 Å². The average molecular weight is 618 g/mol. The van der Waals surface area contributed by atoms with Crippen LogP contribution in [-0.4, -0.2) is 91.4 Å². The molecule has 1 aliphatic rings. The number of aromatic carboxylic acids is 1. The summed E-state index contributed by atoms with van der Waals surface area (Å²) < 4.78 is 44.6. The van der Waals surface area contributed by atoms with Crippen LogP contribution in [0, 0.1) is 0 Å². The van der Waals surface area contributed by atoms with Crippen LogP contribution in [0.15, 0.2) is 54.6 Å². The molecule has 230 valence electrons. The predicted octanol–water partition coefficient (Wildman–Crippen LogP) is 2.17. The van der Waals surface area contributed by atoms with Gasteiger partial charge in [-0.15, -0.1) is 0 Å². The van der Waals surface area contributed by atoms with E-state index in [0.717, 1.165) is 18.2 Å². The van der Waals surface area contributed by atoms with E-state index in [1.54, 1.807) is 0 Å². The first-order chi connectivity index (χ1) is 20.6. The fraction of sp³-hybridized carbons (Fsp3) is 0.179. The maximum atomic E-state index is 13.1. The molecule has 2 amide bonds. The summed E-state index contributed by atoms with van der Waals surface area (Å²) in [6.45, 7) is -1.51. The minimum absolute atomic E-state index is 0.0147. The van der Waals surface area contributed by atoms with Crippen LogP contribution >= 0.6 is 0 Å². The van der Waals surface area contributed by atoms with Crippen molar-refractivity contribution < 1.29 is 67.4 Å². The highest BCUT2D eigenvalue weighted by Crippen LogP contribution is 2.35. The molecular weight excluding hydrogens is 597 g/mol. The number of hydrogen-bond acceptors (Lipinski definition) is 10. The Bertz CT molecular complexity index is 1650. The van der Waals surface area contributed by atoms with Crippen molar-refractivity contribution in [2.24, 2.45) is 0 Å². The first kappa shape index (κ1) is 31.1. The smallest absolute Gasteiger partial charge is 0.471 e. The van der Waals surface area contributed by atoms with Gasteiger partial charge in [0.2, 0.25) is 5.78 Å². The molecule has 0 bridgehead atoms. The molecule has 0 radical (unpaired) electrons. The van der Waals surface area contributed by atoms with E-state index in [4.69, 9.17) is 4.74 Å². The zero-order valence-corrected chi connectivity index (χ0v) is 22.0. The number of carboxylic acids is 1. The number of carbonyl (C=O) groups is 5. The van der Waals surface area contributed by atoms with Gasteiger partial charge >= 0.3 is 24.0 Å². The number of rotatable bonds is 7. The van der Waals surface area contributed by atoms with Gasteiger partial charge in [-0.3, -0.25) is 14.4 Å². The fourth-order valence-electron chi connectivity index (χ4n) is 4.49. The molecule has 3 aromatic rings. The van der Waals surface area contributed by atoms with Gasteiger partial charge in [0.15, 0.2) is 0 Å². The average Bonchev–Trinajstić information content (AvgIpc) is 3.33. The minimum atomic E-state index is -5.28. The zero-order chi connectivity index (χ0) is 32.5. The Balaban J connectivity index is 1.60. The van der Waals surface area contributed by atoms with Crippen molar-refractivity contribution in [2.75, 3.05) is 13.1 Å². The summed E-state index contributed by atoms with van der Waals surface area (Å²) >= 11 is 0. The quantitative estimate of drug-likeness (QED) is 0.167. The molecule has 1 aliphatic heterocycles. The van der Waals surface area contributed by atoms with Crippen molar-refractivity contribution in [3.63, 3.8) is 0 Å². The number of esters is 1. The molecule has 6 N–H and O–H groups in total. The van der Waals surface area contributed by atoms with E-state index in [1.807, 2.05) is 0 Å². The molecule has 13 nitrogen and oxygen atoms in total. The highest BCUT2D eigenvalue weighted by Gasteiger charge is 2.48. The van der Waals surface area contributed by atoms with Crippen LogP contribution < -0.4 is 5.32 Å². The first-order valence-corrected chi connectivity index (χ1v) is 12.4. The Kier molecular flexibility index (Phi) is 8.37. The number of phenols is 4. The number of carbonyl (C=O) groups excluding carboxylic acids is 4. The lowest BCUT2D eigenvalue weighted by Crippen LogP contribution is -2.45. The first-order valence-electron chi connectivity index (χ1n) is 12.4. The van der Waals surface area contributed by atoms with Gasteiger partial charge in [-0.1, -0.05) is 6.07 Å². The molecule has 0 saturated carbocycles. The predicted molar refractivity (Wildman–Crippen MR) is 139 cm³/mol. The van der Waals surface area contributed by atoms with E-state index in [2.05, 4.69) is 5.32 Å². The van der Waals surface area contributed by atoms with Crippen LogP contribution in [0.3, 0.4) is 0 Å². The summed E-state index contributed by atoms with van der Waals surface area (Å²) in [5, 5.41) is 52.2. The van der Waals surface area contributed by atoms with E-state index >= 15 is 0 Å². The van der Waals surface area contributed by atoms with E-state index in [-0.39, 0.29) is 11.3 Å². The summed E-state index contributed by atoms with van der Waals surface area (Å²) in [5.74, 6) is -10.4. The minimum Gasteiger partial charge on any atom is -0.508 e. The summed E-state index contributed by atoms with van der Waals surface area (Å²) in [6, 6.07) is 7.83. The normalized spacial score (nSPS) is 16.3. The number of halogens is 3. The molecule has 1 saturated heterocycles. The van der Waals surface area contributed by atoms with Crippen LogP contribution in [0.5, 0.6) is 23.0 Å². The number of ketones is 1. The molecular formula is C28H21F3N2O11. The standard InChI is InChI=1S/C28H21F3N2O11/c29-28(30,31)27(43)33-10-16(32-24(39)12-4-6-14(34)7-5-12)20(11-33)44-26(42)13-8-18(36)22(19(37)9-13)23(38)21-15(25(40)41)2-1-3-17(21)35/h1-9,16,20,34-37H,10-11H2,(H,32,39)(H,40,41)/t16-,20-/m1/s1. The number of alkyl halides is 3. The Morgan fingerprint density at radius 1 is 0.818 bits per heavy atom. The number of amides is 2. The number of nitrogens with zero attached hydrogens (tertiary/aromatic N) is 1. The number of carboxylic acid groups (broad SMARTS) is 1. The van der Waals surface area contributed by atoms with Crippen molar-refractivity contribution in [2.45, 2.75) is 18.3 Å². The van der Waals surface area contributed by atoms with Crippen LogP contribution in [0.4, 0.5) is 13.2 Å². The topological polar surface area (TPSA) is 211 Å². The van der Waals surface area contributed by atoms with Crippen LogP contribution in [-0.2, 0) is 9.53 Å². The van der Waals surface area contributed by atoms with Crippen molar-refractivity contribution >= 4 is 29.5 Å². The van der Waals surface area contributed by atoms with Crippen molar-refractivity contribution in [3.05, 3.63) is 82.4 Å².